The molecule has 0 aromatic heterocycles. The Kier molecular flexibility index (Phi) is 26.8. The summed E-state index contributed by atoms with van der Waals surface area (Å²) in [6.45, 7) is 36.0. The molecule has 24 heteroatoms. The van der Waals surface area contributed by atoms with E-state index in [0.29, 0.717) is 136 Å². The van der Waals surface area contributed by atoms with E-state index in [-0.39, 0.29) is 191 Å². The van der Waals surface area contributed by atoms with Crippen molar-refractivity contribution in [2.75, 3.05) is 109 Å². The number of hydrogen-bond acceptors (Lipinski definition) is 24. The number of carbonyl (C=O) groups is 4. The predicted octanol–water partition coefficient (Wildman–Crippen LogP) is 14.3. The first-order valence-corrected chi connectivity index (χ1v) is 43.2. The molecule has 0 aliphatic carbocycles. The number of piperidine rings is 4. The number of rotatable bonds is 28. The van der Waals surface area contributed by atoms with Crippen LogP contribution in [0.25, 0.3) is 0 Å². The molecule has 0 spiro atoms. The van der Waals surface area contributed by atoms with E-state index >= 15 is 0 Å². The molecule has 120 heavy (non-hydrogen) atoms. The maximum Gasteiger partial charge on any atom is 0.323 e. The molecule has 12 unspecified atom stereocenters. The summed E-state index contributed by atoms with van der Waals surface area (Å²) in [5.41, 5.74) is 29.0. The van der Waals surface area contributed by atoms with Gasteiger partial charge in [-0.05, 0) is 192 Å². The van der Waals surface area contributed by atoms with Crippen LogP contribution in [0.1, 0.15) is 255 Å². The molecule has 0 amide bonds. The third-order valence-electron chi connectivity index (χ3n) is 24.4. The zero-order valence-electron chi connectivity index (χ0n) is 93.3. The van der Waals surface area contributed by atoms with Crippen molar-refractivity contribution >= 4 is 23.9 Å². The van der Waals surface area contributed by atoms with Gasteiger partial charge in [0.05, 0.1) is 81.4 Å². The highest BCUT2D eigenvalue weighted by atomic mass is 16.6. The van der Waals surface area contributed by atoms with Gasteiger partial charge in [0.15, 0.2) is 46.0 Å². The average molecular weight is 1690 g/mol. The monoisotopic (exact) mass is 1690 g/mol. The van der Waals surface area contributed by atoms with Crippen molar-refractivity contribution in [3.05, 3.63) is 92.8 Å². The number of esters is 4. The molecule has 8 aliphatic rings. The van der Waals surface area contributed by atoms with Crippen LogP contribution in [0.5, 0.6) is 46.0 Å². The third-order valence-corrected chi connectivity index (χ3v) is 24.4. The van der Waals surface area contributed by atoms with E-state index in [1.54, 1.807) is 0 Å². The summed E-state index contributed by atoms with van der Waals surface area (Å²) in [5, 5.41) is 0. The van der Waals surface area contributed by atoms with Crippen LogP contribution in [0.15, 0.2) is 48.3 Å². The van der Waals surface area contributed by atoms with Gasteiger partial charge in [-0.3, -0.25) is 38.8 Å². The molecule has 16 atom stereocenters. The molecule has 0 radical (unpaired) electrons. The topological polar surface area (TPSA) is 296 Å². The highest BCUT2D eigenvalue weighted by Gasteiger charge is 2.47. The number of nitrogens with two attached hydrogens (primary N) is 4. The number of methoxy groups -OCH3 is 8. The van der Waals surface area contributed by atoms with Crippen LogP contribution in [0, 0.1) is 71.0 Å². The lowest BCUT2D eigenvalue weighted by molar-refractivity contribution is -0.161. The normalized spacial score (nSPS) is 29.7. The molecule has 8 N–H and O–H groups in total. The lowest BCUT2D eigenvalue weighted by Crippen LogP contribution is -2.51. The average Bonchev–Trinajstić information content (AvgIpc) is 0.738. The zero-order valence-corrected chi connectivity index (χ0v) is 75.3. The Labute approximate surface area is 744 Å². The SMILES string of the molecule is [2H]c1c2c(c([2H])c(OC)c1OC([2H])([2H])[2H])C1CC([2H])(OC(=O)[C@@H](N)C(C)C)C(CC(C)C)CN1CC2.[2H]c1c2c(c([2H])c(OC)c1OC([2H])([2H])[2H])C1CC([2H])(OC(=O)[C@@H](N)C(C)C)C(CC(C)C)CN1CC2.[2H]c1c2c(c([2H])c(OC)c1OC)C1CC([2H])(OC(=O)[C@@H](N)C(C)C)C(CC(C)C)CN1CC2.[2H]c1c2c(c([2H])c(OC)c1OC)C1CC([2H])(OC(=O)[C@@H](N)C(C)C)C(CC(C)C)CN1CC2. The molecule has 4 saturated heterocycles. The number of benzene rings is 4. The van der Waals surface area contributed by atoms with Gasteiger partial charge in [0.1, 0.15) is 48.5 Å². The Morgan fingerprint density at radius 2 is 0.517 bits per heavy atom. The molecule has 0 bridgehead atoms. The number of carbonyl (C=O) groups excluding carboxylic acids is 4. The van der Waals surface area contributed by atoms with Crippen molar-refractivity contribution in [3.63, 3.8) is 0 Å². The van der Waals surface area contributed by atoms with Gasteiger partial charge in [0.2, 0.25) is 0 Å². The zero-order chi connectivity index (χ0) is 104. The van der Waals surface area contributed by atoms with Crippen molar-refractivity contribution in [3.8, 4) is 46.0 Å². The fourth-order valence-electron chi connectivity index (χ4n) is 17.6. The van der Waals surface area contributed by atoms with Crippen molar-refractivity contribution in [1.29, 1.82) is 0 Å². The second-order valence-electron chi connectivity index (χ2n) is 36.4. The van der Waals surface area contributed by atoms with E-state index in [1.807, 2.05) is 55.4 Å². The van der Waals surface area contributed by atoms with E-state index in [0.717, 1.165) is 24.0 Å². The van der Waals surface area contributed by atoms with E-state index < -0.39 is 98.5 Å². The van der Waals surface area contributed by atoms with E-state index in [1.165, 1.54) is 42.7 Å². The minimum atomic E-state index is -2.81. The molecule has 0 saturated carbocycles. The second-order valence-corrected chi connectivity index (χ2v) is 36.4. The summed E-state index contributed by atoms with van der Waals surface area (Å²) in [6, 6.07) is -4.53. The van der Waals surface area contributed by atoms with Gasteiger partial charge in [0, 0.05) is 126 Å². The van der Waals surface area contributed by atoms with E-state index in [4.69, 9.17) is 99.0 Å². The van der Waals surface area contributed by atoms with Crippen LogP contribution in [0.2, 0.25) is 0 Å². The van der Waals surface area contributed by atoms with Gasteiger partial charge >= 0.3 is 23.9 Å². The lowest BCUT2D eigenvalue weighted by Gasteiger charge is -2.47. The molecule has 4 fully saturated rings. The van der Waals surface area contributed by atoms with Gasteiger partial charge in [-0.15, -0.1) is 0 Å². The summed E-state index contributed by atoms with van der Waals surface area (Å²) in [6.07, 6.45) is -0.512. The summed E-state index contributed by atoms with van der Waals surface area (Å²) in [7, 11) is 2.86. The van der Waals surface area contributed by atoms with Gasteiger partial charge < -0.3 is 79.8 Å². The fraction of sp³-hybridized carbons (Fsp3) is 0.708. The Hall–Kier alpha value is -7.16. The summed E-state index contributed by atoms with van der Waals surface area (Å²) in [4.78, 5) is 60.2. The first-order chi connectivity index (χ1) is 64.1. The molecule has 8 aliphatic heterocycles. The highest BCUT2D eigenvalue weighted by molar-refractivity contribution is 5.77. The van der Waals surface area contributed by atoms with Crippen molar-refractivity contribution in [1.82, 2.24) is 19.6 Å². The molecule has 12 rings (SSSR count). The molecule has 24 nitrogen and oxygen atoms in total. The number of fused-ring (bicyclic) bond motifs is 12. The molecule has 4 aromatic rings. The minimum absolute atomic E-state index is 0.0766. The molecular weight excluding hydrogens is 1520 g/mol. The summed E-state index contributed by atoms with van der Waals surface area (Å²) >= 11 is 0. The Morgan fingerprint density at radius 3 is 0.683 bits per heavy atom. The van der Waals surface area contributed by atoms with Crippen LogP contribution >= 0.6 is 0 Å². The van der Waals surface area contributed by atoms with Gasteiger partial charge in [0.25, 0.3) is 0 Å². The number of hydrogen-bond donors (Lipinski definition) is 4. The first kappa shape index (κ1) is 73.2. The van der Waals surface area contributed by atoms with Crippen LogP contribution in [-0.4, -0.2) is 201 Å². The molecule has 8 heterocycles. The quantitative estimate of drug-likeness (QED) is 0.0303. The molecule has 672 valence electrons. The standard InChI is InChI=1S/4C24H38N2O4/c4*1-14(2)9-17-13-26-8-7-16-10-21(28-5)22(29-6)11-18(16)19(26)12-20(17)30-24(27)23(25)15(3)4/h4*10-11,14-15,17,19-20,23H,7-9,12-13,25H2,1-6H3/t4*17?,19?,20?,23-/m0000/s1/i2*5D3,10D,11D,20D;2*10D,11D,20D. The molecule has 4 aromatic carbocycles. The van der Waals surface area contributed by atoms with Gasteiger partial charge in [-0.25, -0.2) is 0 Å². The number of ether oxygens (including phenoxy) is 12. The maximum atomic E-state index is 12.9. The predicted molar refractivity (Wildman–Crippen MR) is 471 cm³/mol. The fourth-order valence-corrected chi connectivity index (χ4v) is 17.6. The molecular formula is C96H152N8O16. The summed E-state index contributed by atoms with van der Waals surface area (Å²) < 4.78 is 218. The van der Waals surface area contributed by atoms with E-state index in [9.17, 15) is 24.7 Å². The smallest absolute Gasteiger partial charge is 0.323 e. The highest BCUT2D eigenvalue weighted by Crippen LogP contribution is 2.50. The lowest BCUT2D eigenvalue weighted by atomic mass is 9.79. The largest absolute Gasteiger partial charge is 0.493 e. The minimum Gasteiger partial charge on any atom is -0.493 e. The van der Waals surface area contributed by atoms with Crippen LogP contribution in [-0.2, 0) is 63.8 Å². The number of nitrogens with zero attached hydrogens (tertiary/aromatic N) is 4. The summed E-state index contributed by atoms with van der Waals surface area (Å²) in [5.74, 6) is -2.35. The van der Waals surface area contributed by atoms with Crippen LogP contribution in [0.3, 0.4) is 0 Å². The maximum absolute atomic E-state index is 12.9. The van der Waals surface area contributed by atoms with Gasteiger partial charge in [-0.1, -0.05) is 111 Å². The van der Waals surface area contributed by atoms with Crippen molar-refractivity contribution in [2.24, 2.45) is 93.9 Å². The first-order valence-electron chi connectivity index (χ1n) is 52.2. The third kappa shape index (κ3) is 23.8. The second kappa shape index (κ2) is 43.9. The van der Waals surface area contributed by atoms with Crippen LogP contribution < -0.4 is 60.8 Å². The van der Waals surface area contributed by atoms with Crippen molar-refractivity contribution in [2.45, 2.75) is 260 Å². The van der Waals surface area contributed by atoms with Crippen molar-refractivity contribution < 1.29 is 101 Å². The Bertz CT molecular complexity index is 4660. The van der Waals surface area contributed by atoms with Gasteiger partial charge in [-0.2, -0.15) is 0 Å². The Morgan fingerprint density at radius 1 is 0.333 bits per heavy atom. The van der Waals surface area contributed by atoms with E-state index in [2.05, 4.69) is 75.0 Å². The van der Waals surface area contributed by atoms with Crippen LogP contribution in [0.4, 0.5) is 0 Å². The Balaban J connectivity index is 0.000000206.